The summed E-state index contributed by atoms with van der Waals surface area (Å²) in [4.78, 5) is 31.0. The molecule has 0 aliphatic carbocycles. The van der Waals surface area contributed by atoms with Crippen LogP contribution in [0.1, 0.15) is 10.4 Å². The van der Waals surface area contributed by atoms with Crippen LogP contribution < -0.4 is 10.1 Å². The summed E-state index contributed by atoms with van der Waals surface area (Å²) in [5.74, 6) is -0.938. The van der Waals surface area contributed by atoms with Crippen LogP contribution in [0.25, 0.3) is 27.0 Å². The minimum absolute atomic E-state index is 0.137. The molecule has 0 radical (unpaired) electrons. The average Bonchev–Trinajstić information content (AvgIpc) is 3.56. The number of hydrogen-bond acceptors (Lipinski definition) is 8. The molecular formula is C22H18F2N8O3S. The molecule has 0 saturated carbocycles. The number of alkyl halides is 2. The Labute approximate surface area is 206 Å². The van der Waals surface area contributed by atoms with Crippen LogP contribution in [0.3, 0.4) is 0 Å². The van der Waals surface area contributed by atoms with E-state index in [0.717, 1.165) is 11.5 Å². The number of likely N-dealkylation sites (N-methyl/N-ethyl adjacent to an activating group) is 1. The van der Waals surface area contributed by atoms with Crippen molar-refractivity contribution in [3.63, 3.8) is 0 Å². The number of ether oxygens (including phenoxy) is 1. The standard InChI is InChI=1S/C22H18F2N8O3S/c1-30(2)18(33)11-31-10-15(28-21(34)14-9-26-32-5-3-4-25-20(14)32)19(29-31)13-6-12-8-27-36-17(12)7-16(13)35-22(23)24/h3-10,22H,11H2,1-2H3,(H,28,34). The van der Waals surface area contributed by atoms with E-state index in [1.165, 1.54) is 38.8 Å². The number of fused-ring (bicyclic) bond motifs is 2. The van der Waals surface area contributed by atoms with Crippen LogP contribution in [0.2, 0.25) is 0 Å². The van der Waals surface area contributed by atoms with Gasteiger partial charge in [-0.1, -0.05) is 0 Å². The second kappa shape index (κ2) is 9.30. The van der Waals surface area contributed by atoms with Gasteiger partial charge in [0.15, 0.2) is 5.65 Å². The number of anilines is 1. The lowest BCUT2D eigenvalue weighted by Crippen LogP contribution is -2.26. The van der Waals surface area contributed by atoms with E-state index in [1.807, 2.05) is 0 Å². The van der Waals surface area contributed by atoms with Gasteiger partial charge in [-0.3, -0.25) is 14.3 Å². The molecule has 5 rings (SSSR count). The number of hydrogen-bond donors (Lipinski definition) is 1. The predicted octanol–water partition coefficient (Wildman–Crippen LogP) is 3.14. The fourth-order valence-corrected chi connectivity index (χ4v) is 4.18. The van der Waals surface area contributed by atoms with Crippen molar-refractivity contribution in [1.82, 2.24) is 33.7 Å². The second-order valence-electron chi connectivity index (χ2n) is 7.87. The Hall–Kier alpha value is -4.46. The Bertz CT molecular complexity index is 1590. The first-order valence-corrected chi connectivity index (χ1v) is 11.3. The van der Waals surface area contributed by atoms with E-state index >= 15 is 0 Å². The van der Waals surface area contributed by atoms with E-state index in [2.05, 4.69) is 24.9 Å². The van der Waals surface area contributed by atoms with Crippen LogP contribution in [0.4, 0.5) is 14.5 Å². The number of carbonyl (C=O) groups is 2. The normalized spacial score (nSPS) is 11.4. The van der Waals surface area contributed by atoms with Gasteiger partial charge in [0.1, 0.15) is 23.6 Å². The zero-order valence-corrected chi connectivity index (χ0v) is 19.7. The lowest BCUT2D eigenvalue weighted by atomic mass is 10.1. The number of halogens is 2. The van der Waals surface area contributed by atoms with Gasteiger partial charge >= 0.3 is 6.61 Å². The molecule has 36 heavy (non-hydrogen) atoms. The lowest BCUT2D eigenvalue weighted by Gasteiger charge is -2.11. The van der Waals surface area contributed by atoms with Gasteiger partial charge in [0, 0.05) is 55.9 Å². The number of benzene rings is 1. The fourth-order valence-electron chi connectivity index (χ4n) is 3.53. The molecule has 0 fully saturated rings. The Kier molecular flexibility index (Phi) is 6.01. The quantitative estimate of drug-likeness (QED) is 0.356. The number of rotatable bonds is 7. The Morgan fingerprint density at radius 2 is 2.08 bits per heavy atom. The van der Waals surface area contributed by atoms with Crippen molar-refractivity contribution in [3.8, 4) is 17.0 Å². The first-order chi connectivity index (χ1) is 17.3. The Morgan fingerprint density at radius 3 is 2.86 bits per heavy atom. The van der Waals surface area contributed by atoms with E-state index in [0.29, 0.717) is 15.7 Å². The minimum atomic E-state index is -3.09. The third-order valence-corrected chi connectivity index (χ3v) is 6.02. The zero-order chi connectivity index (χ0) is 25.4. The van der Waals surface area contributed by atoms with E-state index in [4.69, 9.17) is 4.74 Å². The summed E-state index contributed by atoms with van der Waals surface area (Å²) in [5, 5.41) is 12.0. The van der Waals surface area contributed by atoms with Crippen LogP contribution in [-0.2, 0) is 11.3 Å². The molecule has 0 aliphatic heterocycles. The van der Waals surface area contributed by atoms with Gasteiger partial charge in [-0.15, -0.1) is 0 Å². The van der Waals surface area contributed by atoms with Crippen molar-refractivity contribution in [1.29, 1.82) is 0 Å². The molecule has 184 valence electrons. The highest BCUT2D eigenvalue weighted by atomic mass is 32.1. The highest BCUT2D eigenvalue weighted by Crippen LogP contribution is 2.39. The summed E-state index contributed by atoms with van der Waals surface area (Å²) < 4.78 is 38.8. The molecule has 0 atom stereocenters. The molecule has 0 spiro atoms. The van der Waals surface area contributed by atoms with Crippen LogP contribution in [-0.4, -0.2) is 66.2 Å². The average molecular weight is 513 g/mol. The SMILES string of the molecule is CN(C)C(=O)Cn1cc(NC(=O)c2cnn3cccnc23)c(-c2cc3cnsc3cc2OC(F)F)n1. The van der Waals surface area contributed by atoms with Crippen LogP contribution in [0.15, 0.2) is 49.2 Å². The number of carbonyl (C=O) groups excluding carboxylic acids is 2. The maximum absolute atomic E-state index is 13.3. The Balaban J connectivity index is 1.60. The van der Waals surface area contributed by atoms with Crippen LogP contribution in [0.5, 0.6) is 5.75 Å². The van der Waals surface area contributed by atoms with E-state index < -0.39 is 12.5 Å². The Morgan fingerprint density at radius 1 is 1.25 bits per heavy atom. The van der Waals surface area contributed by atoms with Gasteiger partial charge in [-0.25, -0.2) is 9.50 Å². The predicted molar refractivity (Wildman–Crippen MR) is 127 cm³/mol. The summed E-state index contributed by atoms with van der Waals surface area (Å²) in [6.45, 7) is -3.23. The number of aromatic nitrogens is 6. The lowest BCUT2D eigenvalue weighted by molar-refractivity contribution is -0.129. The molecule has 0 saturated heterocycles. The molecule has 0 bridgehead atoms. The van der Waals surface area contributed by atoms with Crippen molar-refractivity contribution in [2.24, 2.45) is 0 Å². The molecule has 14 heteroatoms. The van der Waals surface area contributed by atoms with E-state index in [9.17, 15) is 18.4 Å². The van der Waals surface area contributed by atoms with Crippen LogP contribution >= 0.6 is 11.5 Å². The molecule has 4 aromatic heterocycles. The van der Waals surface area contributed by atoms with Crippen molar-refractivity contribution in [2.45, 2.75) is 13.2 Å². The number of nitrogens with zero attached hydrogens (tertiary/aromatic N) is 7. The summed E-state index contributed by atoms with van der Waals surface area (Å²) in [6.07, 6.45) is 7.59. The summed E-state index contributed by atoms with van der Waals surface area (Å²) in [5.41, 5.74) is 1.05. The first kappa shape index (κ1) is 23.3. The molecule has 0 unspecified atom stereocenters. The maximum Gasteiger partial charge on any atom is 0.387 e. The van der Waals surface area contributed by atoms with E-state index in [1.54, 1.807) is 38.6 Å². The molecule has 4 heterocycles. The van der Waals surface area contributed by atoms with Crippen molar-refractivity contribution in [2.75, 3.05) is 19.4 Å². The molecule has 2 amide bonds. The number of amides is 2. The summed E-state index contributed by atoms with van der Waals surface area (Å²) in [6, 6.07) is 4.72. The topological polar surface area (TPSA) is 120 Å². The zero-order valence-electron chi connectivity index (χ0n) is 18.9. The van der Waals surface area contributed by atoms with Crippen LogP contribution in [0, 0.1) is 0 Å². The highest BCUT2D eigenvalue weighted by Gasteiger charge is 2.23. The van der Waals surface area contributed by atoms with Gasteiger partial charge < -0.3 is 15.0 Å². The molecule has 1 N–H and O–H groups in total. The second-order valence-corrected chi connectivity index (χ2v) is 8.70. The third-order valence-electron chi connectivity index (χ3n) is 5.26. The minimum Gasteiger partial charge on any atom is -0.434 e. The maximum atomic E-state index is 13.3. The summed E-state index contributed by atoms with van der Waals surface area (Å²) >= 11 is 1.13. The molecule has 11 nitrogen and oxygen atoms in total. The molecule has 0 aliphatic rings. The fraction of sp³-hybridized carbons (Fsp3) is 0.182. The van der Waals surface area contributed by atoms with Gasteiger partial charge in [-0.2, -0.15) is 23.4 Å². The van der Waals surface area contributed by atoms with E-state index in [-0.39, 0.29) is 40.7 Å². The molecule has 1 aromatic carbocycles. The molecular weight excluding hydrogens is 494 g/mol. The van der Waals surface area contributed by atoms with Gasteiger partial charge in [-0.05, 0) is 23.7 Å². The largest absolute Gasteiger partial charge is 0.434 e. The molecule has 5 aromatic rings. The van der Waals surface area contributed by atoms with Crippen molar-refractivity contribution < 1.29 is 23.1 Å². The van der Waals surface area contributed by atoms with Crippen molar-refractivity contribution >= 4 is 44.8 Å². The third kappa shape index (κ3) is 4.45. The highest BCUT2D eigenvalue weighted by molar-refractivity contribution is 7.13. The number of nitrogens with one attached hydrogen (secondary N) is 1. The monoisotopic (exact) mass is 512 g/mol. The van der Waals surface area contributed by atoms with Gasteiger partial charge in [0.25, 0.3) is 5.91 Å². The summed E-state index contributed by atoms with van der Waals surface area (Å²) in [7, 11) is 3.19. The van der Waals surface area contributed by atoms with Gasteiger partial charge in [0.05, 0.1) is 16.6 Å². The van der Waals surface area contributed by atoms with Gasteiger partial charge in [0.2, 0.25) is 5.91 Å². The first-order valence-electron chi connectivity index (χ1n) is 10.5. The van der Waals surface area contributed by atoms with Crippen molar-refractivity contribution in [3.05, 3.63) is 54.7 Å². The smallest absolute Gasteiger partial charge is 0.387 e.